The van der Waals surface area contributed by atoms with Gasteiger partial charge in [0.15, 0.2) is 0 Å². The van der Waals surface area contributed by atoms with Gasteiger partial charge in [0.25, 0.3) is 5.69 Å². The second-order valence-electron chi connectivity index (χ2n) is 4.29. The number of rotatable bonds is 4. The number of fused-ring (bicyclic) bond motifs is 1. The smallest absolute Gasteiger partial charge is 0.281 e. The number of hydrogen-bond acceptors (Lipinski definition) is 4. The maximum absolute atomic E-state index is 11.3. The van der Waals surface area contributed by atoms with Gasteiger partial charge in [0.2, 0.25) is 0 Å². The lowest BCUT2D eigenvalue weighted by Crippen LogP contribution is -2.23. The Balaban J connectivity index is 2.59. The number of nitrogens with zero attached hydrogens (tertiary/aromatic N) is 2. The summed E-state index contributed by atoms with van der Waals surface area (Å²) in [5.74, 6) is 0. The maximum atomic E-state index is 11.3. The highest BCUT2D eigenvalue weighted by Gasteiger charge is 2.19. The predicted octanol–water partition coefficient (Wildman–Crippen LogP) is 2.29. The van der Waals surface area contributed by atoms with Crippen LogP contribution in [0.15, 0.2) is 30.5 Å². The molecule has 1 aromatic carbocycles. The fourth-order valence-corrected chi connectivity index (χ4v) is 1.99. The van der Waals surface area contributed by atoms with Crippen molar-refractivity contribution < 1.29 is 4.92 Å². The summed E-state index contributed by atoms with van der Waals surface area (Å²) in [5.41, 5.74) is 1.56. The largest absolute Gasteiger partial charge is 0.317 e. The number of hydrogen-bond donors (Lipinski definition) is 1. The van der Waals surface area contributed by atoms with Crippen LogP contribution in [0.3, 0.4) is 0 Å². The summed E-state index contributed by atoms with van der Waals surface area (Å²) in [6, 6.07) is 7.29. The van der Waals surface area contributed by atoms with Crippen molar-refractivity contribution in [2.75, 3.05) is 7.05 Å². The van der Waals surface area contributed by atoms with Crippen molar-refractivity contribution in [1.82, 2.24) is 10.3 Å². The maximum Gasteiger partial charge on any atom is 0.281 e. The third-order valence-corrected chi connectivity index (χ3v) is 3.04. The van der Waals surface area contributed by atoms with E-state index in [1.54, 1.807) is 24.4 Å². The zero-order valence-corrected chi connectivity index (χ0v) is 10.4. The molecule has 0 aliphatic rings. The van der Waals surface area contributed by atoms with Crippen molar-refractivity contribution >= 4 is 16.6 Å². The number of nitrogens with one attached hydrogen (secondary N) is 1. The van der Waals surface area contributed by atoms with Crippen molar-refractivity contribution in [2.45, 2.75) is 19.4 Å². The van der Waals surface area contributed by atoms with E-state index in [1.165, 1.54) is 0 Å². The van der Waals surface area contributed by atoms with E-state index < -0.39 is 0 Å². The van der Waals surface area contributed by atoms with Crippen molar-refractivity contribution in [3.8, 4) is 0 Å². The lowest BCUT2D eigenvalue weighted by Gasteiger charge is -2.11. The summed E-state index contributed by atoms with van der Waals surface area (Å²) >= 11 is 0. The summed E-state index contributed by atoms with van der Waals surface area (Å²) in [6.45, 7) is 2.00. The number of likely N-dealkylation sites (N-methyl/N-ethyl adjacent to an activating group) is 1. The summed E-state index contributed by atoms with van der Waals surface area (Å²) in [4.78, 5) is 15.1. The fraction of sp³-hybridized carbons (Fsp3) is 0.308. The summed E-state index contributed by atoms with van der Waals surface area (Å²) in [7, 11) is 1.85. The Bertz CT molecular complexity index is 583. The Hall–Kier alpha value is -2.01. The van der Waals surface area contributed by atoms with E-state index in [4.69, 9.17) is 0 Å². The van der Waals surface area contributed by atoms with Gasteiger partial charge in [-0.05, 0) is 44.7 Å². The first-order valence-corrected chi connectivity index (χ1v) is 5.81. The zero-order chi connectivity index (χ0) is 13.1. The predicted molar refractivity (Wildman–Crippen MR) is 70.6 cm³/mol. The Morgan fingerprint density at radius 1 is 1.44 bits per heavy atom. The van der Waals surface area contributed by atoms with Crippen LogP contribution in [0.5, 0.6) is 0 Å². The summed E-state index contributed by atoms with van der Waals surface area (Å²) < 4.78 is 0. The van der Waals surface area contributed by atoms with Crippen LogP contribution in [-0.2, 0) is 6.42 Å². The lowest BCUT2D eigenvalue weighted by atomic mass is 10.0. The summed E-state index contributed by atoms with van der Waals surface area (Å²) in [6.07, 6.45) is 2.26. The molecule has 0 aliphatic carbocycles. The topological polar surface area (TPSA) is 68.1 Å². The monoisotopic (exact) mass is 245 g/mol. The van der Waals surface area contributed by atoms with Crippen LogP contribution < -0.4 is 5.32 Å². The molecule has 0 aliphatic heterocycles. The first-order valence-electron chi connectivity index (χ1n) is 5.81. The molecular weight excluding hydrogens is 230 g/mol. The molecule has 5 heteroatoms. The SMILES string of the molecule is CNC(C)Cc1ccc2ncccc2c1[N+](=O)[O-]. The van der Waals surface area contributed by atoms with Gasteiger partial charge in [0.1, 0.15) is 0 Å². The van der Waals surface area contributed by atoms with Crippen molar-refractivity contribution in [3.63, 3.8) is 0 Å². The Morgan fingerprint density at radius 3 is 2.89 bits per heavy atom. The third-order valence-electron chi connectivity index (χ3n) is 3.04. The highest BCUT2D eigenvalue weighted by atomic mass is 16.6. The second-order valence-corrected chi connectivity index (χ2v) is 4.29. The molecule has 1 N–H and O–H groups in total. The molecule has 2 rings (SSSR count). The van der Waals surface area contributed by atoms with Crippen LogP contribution in [0.25, 0.3) is 10.9 Å². The van der Waals surface area contributed by atoms with Crippen LogP contribution >= 0.6 is 0 Å². The van der Waals surface area contributed by atoms with Crippen LogP contribution in [0.4, 0.5) is 5.69 Å². The van der Waals surface area contributed by atoms with Gasteiger partial charge < -0.3 is 5.32 Å². The molecule has 1 aromatic heterocycles. The second kappa shape index (κ2) is 5.10. The molecule has 0 fully saturated rings. The van der Waals surface area contributed by atoms with Crippen molar-refractivity contribution in [3.05, 3.63) is 46.1 Å². The molecule has 0 bridgehead atoms. The first kappa shape index (κ1) is 12.4. The van der Waals surface area contributed by atoms with Crippen LogP contribution in [0, 0.1) is 10.1 Å². The third kappa shape index (κ3) is 2.31. The quantitative estimate of drug-likeness (QED) is 0.663. The standard InChI is InChI=1S/C13H15N3O2/c1-9(14-2)8-10-5-6-12-11(4-3-7-15-12)13(10)16(17)18/h3-7,9,14H,8H2,1-2H3. The van der Waals surface area contributed by atoms with Gasteiger partial charge in [-0.3, -0.25) is 15.1 Å². The molecule has 0 saturated carbocycles. The van der Waals surface area contributed by atoms with Gasteiger partial charge in [-0.1, -0.05) is 0 Å². The van der Waals surface area contributed by atoms with Gasteiger partial charge in [0, 0.05) is 17.8 Å². The molecule has 0 radical (unpaired) electrons. The molecule has 0 saturated heterocycles. The number of pyridine rings is 1. The van der Waals surface area contributed by atoms with Crippen LogP contribution in [0.2, 0.25) is 0 Å². The molecule has 0 amide bonds. The van der Waals surface area contributed by atoms with Crippen molar-refractivity contribution in [2.24, 2.45) is 0 Å². The molecule has 5 nitrogen and oxygen atoms in total. The van der Waals surface area contributed by atoms with Crippen LogP contribution in [0.1, 0.15) is 12.5 Å². The molecule has 94 valence electrons. The van der Waals surface area contributed by atoms with Gasteiger partial charge in [-0.2, -0.15) is 0 Å². The Labute approximate surface area is 105 Å². The van der Waals surface area contributed by atoms with Crippen molar-refractivity contribution in [1.29, 1.82) is 0 Å². The van der Waals surface area contributed by atoms with E-state index in [0.717, 1.165) is 5.56 Å². The number of benzene rings is 1. The number of nitro groups is 1. The summed E-state index contributed by atoms with van der Waals surface area (Å²) in [5, 5.41) is 15.0. The average molecular weight is 245 g/mol. The molecule has 2 aromatic rings. The first-order chi connectivity index (χ1) is 8.63. The number of aromatic nitrogens is 1. The molecule has 1 heterocycles. The average Bonchev–Trinajstić information content (AvgIpc) is 2.37. The minimum atomic E-state index is -0.318. The molecular formula is C13H15N3O2. The normalized spacial score (nSPS) is 12.6. The zero-order valence-electron chi connectivity index (χ0n) is 10.4. The molecule has 1 atom stereocenters. The van der Waals surface area contributed by atoms with E-state index >= 15 is 0 Å². The van der Waals surface area contributed by atoms with E-state index in [0.29, 0.717) is 17.3 Å². The van der Waals surface area contributed by atoms with Gasteiger partial charge in [0.05, 0.1) is 15.8 Å². The highest BCUT2D eigenvalue weighted by molar-refractivity contribution is 5.89. The molecule has 1 unspecified atom stereocenters. The minimum Gasteiger partial charge on any atom is -0.317 e. The minimum absolute atomic E-state index is 0.169. The number of nitro benzene ring substituents is 1. The van der Waals surface area contributed by atoms with E-state index in [2.05, 4.69) is 10.3 Å². The van der Waals surface area contributed by atoms with Gasteiger partial charge in [-0.25, -0.2) is 0 Å². The van der Waals surface area contributed by atoms with Gasteiger partial charge in [-0.15, -0.1) is 0 Å². The van der Waals surface area contributed by atoms with Gasteiger partial charge >= 0.3 is 0 Å². The highest BCUT2D eigenvalue weighted by Crippen LogP contribution is 2.29. The van der Waals surface area contributed by atoms with Crippen LogP contribution in [-0.4, -0.2) is 23.0 Å². The molecule has 18 heavy (non-hydrogen) atoms. The Morgan fingerprint density at radius 2 is 2.22 bits per heavy atom. The van der Waals surface area contributed by atoms with E-state index in [9.17, 15) is 10.1 Å². The lowest BCUT2D eigenvalue weighted by molar-refractivity contribution is -0.383. The van der Waals surface area contributed by atoms with E-state index in [1.807, 2.05) is 20.0 Å². The fourth-order valence-electron chi connectivity index (χ4n) is 1.99. The Kier molecular flexibility index (Phi) is 3.53. The molecule has 0 spiro atoms. The van der Waals surface area contributed by atoms with E-state index in [-0.39, 0.29) is 16.7 Å².